The molecule has 0 spiro atoms. The second-order valence-electron chi connectivity index (χ2n) is 2.56. The number of hydrogen-bond acceptors (Lipinski definition) is 2. The second kappa shape index (κ2) is 4.05. The van der Waals surface area contributed by atoms with Gasteiger partial charge in [-0.05, 0) is 25.7 Å². The van der Waals surface area contributed by atoms with Crippen LogP contribution < -0.4 is 0 Å². The number of aliphatic imine (C=N–C) groups is 1. The summed E-state index contributed by atoms with van der Waals surface area (Å²) in [7, 11) is 0. The Kier molecular flexibility index (Phi) is 2.95. The van der Waals surface area contributed by atoms with E-state index in [2.05, 4.69) is 11.1 Å². The maximum atomic E-state index is 8.22. The van der Waals surface area contributed by atoms with Crippen molar-refractivity contribution in [1.29, 1.82) is 5.26 Å². The zero-order valence-electron chi connectivity index (χ0n) is 6.14. The molecule has 0 amide bonds. The third kappa shape index (κ3) is 2.18. The average Bonchev–Trinajstić information content (AvgIpc) is 2.41. The normalized spacial score (nSPS) is 16.9. The van der Waals surface area contributed by atoms with Crippen molar-refractivity contribution in [2.24, 2.45) is 4.99 Å². The van der Waals surface area contributed by atoms with E-state index >= 15 is 0 Å². The van der Waals surface area contributed by atoms with Gasteiger partial charge in [-0.1, -0.05) is 0 Å². The van der Waals surface area contributed by atoms with Crippen LogP contribution in [0.2, 0.25) is 0 Å². The highest BCUT2D eigenvalue weighted by Gasteiger charge is 2.06. The highest BCUT2D eigenvalue weighted by molar-refractivity contribution is 5.86. The van der Waals surface area contributed by atoms with Gasteiger partial charge in [0.2, 0.25) is 0 Å². The van der Waals surface area contributed by atoms with Crippen molar-refractivity contribution in [3.8, 4) is 6.07 Å². The molecule has 1 aliphatic carbocycles. The fourth-order valence-electron chi connectivity index (χ4n) is 1.21. The largest absolute Gasteiger partial charge is 0.293 e. The van der Waals surface area contributed by atoms with Crippen molar-refractivity contribution >= 4 is 5.71 Å². The van der Waals surface area contributed by atoms with Gasteiger partial charge in [-0.25, -0.2) is 0 Å². The van der Waals surface area contributed by atoms with Crippen LogP contribution >= 0.6 is 0 Å². The van der Waals surface area contributed by atoms with Gasteiger partial charge in [0.25, 0.3) is 0 Å². The van der Waals surface area contributed by atoms with E-state index in [0.29, 0.717) is 13.0 Å². The molecule has 0 atom stereocenters. The Labute approximate surface area is 61.6 Å². The lowest BCUT2D eigenvalue weighted by atomic mass is 10.3. The van der Waals surface area contributed by atoms with E-state index in [-0.39, 0.29) is 0 Å². The predicted molar refractivity (Wildman–Crippen MR) is 41.0 cm³/mol. The third-order valence-electron chi connectivity index (χ3n) is 1.74. The van der Waals surface area contributed by atoms with Gasteiger partial charge in [-0.2, -0.15) is 5.26 Å². The minimum Gasteiger partial charge on any atom is -0.293 e. The van der Waals surface area contributed by atoms with E-state index in [1.54, 1.807) is 0 Å². The topological polar surface area (TPSA) is 36.1 Å². The van der Waals surface area contributed by atoms with Crippen LogP contribution in [0, 0.1) is 11.3 Å². The van der Waals surface area contributed by atoms with Gasteiger partial charge in [0.05, 0.1) is 19.0 Å². The molecule has 0 aromatic heterocycles. The van der Waals surface area contributed by atoms with E-state index in [1.165, 1.54) is 31.4 Å². The molecule has 2 heteroatoms. The Hall–Kier alpha value is -0.840. The summed E-state index contributed by atoms with van der Waals surface area (Å²) in [5.41, 5.74) is 1.33. The lowest BCUT2D eigenvalue weighted by Gasteiger charge is -1.90. The van der Waals surface area contributed by atoms with Crippen LogP contribution in [-0.2, 0) is 0 Å². The zero-order chi connectivity index (χ0) is 7.23. The van der Waals surface area contributed by atoms with Crippen LogP contribution in [0.3, 0.4) is 0 Å². The van der Waals surface area contributed by atoms with Crippen LogP contribution in [0.1, 0.15) is 32.1 Å². The summed E-state index contributed by atoms with van der Waals surface area (Å²) in [5.74, 6) is 0. The molecular weight excluding hydrogens is 124 g/mol. The van der Waals surface area contributed by atoms with E-state index in [0.717, 1.165) is 0 Å². The first-order valence-corrected chi connectivity index (χ1v) is 3.82. The van der Waals surface area contributed by atoms with Crippen molar-refractivity contribution < 1.29 is 0 Å². The Morgan fingerprint density at radius 3 is 2.70 bits per heavy atom. The molecule has 1 rings (SSSR count). The van der Waals surface area contributed by atoms with Gasteiger partial charge in [-0.3, -0.25) is 4.99 Å². The number of nitriles is 1. The molecule has 0 aromatic rings. The Morgan fingerprint density at radius 2 is 2.10 bits per heavy atom. The van der Waals surface area contributed by atoms with Crippen molar-refractivity contribution in [2.45, 2.75) is 32.1 Å². The van der Waals surface area contributed by atoms with Crippen LogP contribution in [0.15, 0.2) is 4.99 Å². The number of rotatable bonds is 2. The monoisotopic (exact) mass is 136 g/mol. The maximum Gasteiger partial charge on any atom is 0.0641 e. The molecule has 54 valence electrons. The average molecular weight is 136 g/mol. The first kappa shape index (κ1) is 7.27. The minimum atomic E-state index is 0.573. The molecular formula is C8H12N2. The fourth-order valence-corrected chi connectivity index (χ4v) is 1.21. The van der Waals surface area contributed by atoms with Crippen molar-refractivity contribution in [3.05, 3.63) is 0 Å². The lowest BCUT2D eigenvalue weighted by Crippen LogP contribution is -1.90. The molecule has 1 fully saturated rings. The molecule has 0 saturated heterocycles. The van der Waals surface area contributed by atoms with Crippen molar-refractivity contribution in [3.63, 3.8) is 0 Å². The Balaban J connectivity index is 2.20. The summed E-state index contributed by atoms with van der Waals surface area (Å²) in [4.78, 5) is 4.31. The molecule has 0 bridgehead atoms. The summed E-state index contributed by atoms with van der Waals surface area (Å²) in [6.07, 6.45) is 5.51. The van der Waals surface area contributed by atoms with E-state index in [1.807, 2.05) is 0 Å². The molecule has 1 aliphatic rings. The van der Waals surface area contributed by atoms with Crippen LogP contribution in [-0.4, -0.2) is 12.3 Å². The van der Waals surface area contributed by atoms with Crippen molar-refractivity contribution in [1.82, 2.24) is 0 Å². The van der Waals surface area contributed by atoms with Gasteiger partial charge < -0.3 is 0 Å². The number of nitrogens with zero attached hydrogens (tertiary/aromatic N) is 2. The highest BCUT2D eigenvalue weighted by Crippen LogP contribution is 2.14. The molecule has 0 aromatic carbocycles. The minimum absolute atomic E-state index is 0.573. The molecule has 10 heavy (non-hydrogen) atoms. The van der Waals surface area contributed by atoms with Crippen LogP contribution in [0.5, 0.6) is 0 Å². The zero-order valence-corrected chi connectivity index (χ0v) is 6.14. The molecule has 0 aliphatic heterocycles. The predicted octanol–water partition coefficient (Wildman–Crippen LogP) is 1.92. The SMILES string of the molecule is N#CCCN=C1CCCC1. The molecule has 1 saturated carbocycles. The fraction of sp³-hybridized carbons (Fsp3) is 0.750. The van der Waals surface area contributed by atoms with Crippen LogP contribution in [0.25, 0.3) is 0 Å². The first-order chi connectivity index (χ1) is 4.93. The van der Waals surface area contributed by atoms with E-state index in [9.17, 15) is 0 Å². The summed E-state index contributed by atoms with van der Waals surface area (Å²) in [6.45, 7) is 0.714. The standard InChI is InChI=1S/C8H12N2/c9-6-3-7-10-8-4-1-2-5-8/h1-5,7H2. The summed E-state index contributed by atoms with van der Waals surface area (Å²) < 4.78 is 0. The van der Waals surface area contributed by atoms with Gasteiger partial charge in [0, 0.05) is 5.71 Å². The second-order valence-corrected chi connectivity index (χ2v) is 2.56. The summed E-state index contributed by atoms with van der Waals surface area (Å²) in [5, 5.41) is 8.22. The van der Waals surface area contributed by atoms with Gasteiger partial charge >= 0.3 is 0 Å². The van der Waals surface area contributed by atoms with Gasteiger partial charge in [-0.15, -0.1) is 0 Å². The number of hydrogen-bond donors (Lipinski definition) is 0. The van der Waals surface area contributed by atoms with E-state index in [4.69, 9.17) is 5.26 Å². The third-order valence-corrected chi connectivity index (χ3v) is 1.74. The Bertz CT molecular complexity index is 157. The van der Waals surface area contributed by atoms with E-state index < -0.39 is 0 Å². The molecule has 2 nitrogen and oxygen atoms in total. The first-order valence-electron chi connectivity index (χ1n) is 3.82. The smallest absolute Gasteiger partial charge is 0.0641 e. The molecule has 0 heterocycles. The summed E-state index contributed by atoms with van der Waals surface area (Å²) in [6, 6.07) is 2.08. The molecule has 0 radical (unpaired) electrons. The quantitative estimate of drug-likeness (QED) is 0.534. The Morgan fingerprint density at radius 1 is 1.40 bits per heavy atom. The summed E-state index contributed by atoms with van der Waals surface area (Å²) >= 11 is 0. The molecule has 0 unspecified atom stereocenters. The van der Waals surface area contributed by atoms with Crippen molar-refractivity contribution in [2.75, 3.05) is 6.54 Å². The molecule has 0 N–H and O–H groups in total. The maximum absolute atomic E-state index is 8.22. The van der Waals surface area contributed by atoms with Crippen LogP contribution in [0.4, 0.5) is 0 Å². The highest BCUT2D eigenvalue weighted by atomic mass is 14.7. The van der Waals surface area contributed by atoms with Gasteiger partial charge in [0.15, 0.2) is 0 Å². The lowest BCUT2D eigenvalue weighted by molar-refractivity contribution is 0.886. The van der Waals surface area contributed by atoms with Gasteiger partial charge in [0.1, 0.15) is 0 Å².